The summed E-state index contributed by atoms with van der Waals surface area (Å²) < 4.78 is 7.05. The van der Waals surface area contributed by atoms with Crippen LogP contribution in [-0.4, -0.2) is 34.1 Å². The summed E-state index contributed by atoms with van der Waals surface area (Å²) in [4.78, 5) is 0. The summed E-state index contributed by atoms with van der Waals surface area (Å²) in [6.45, 7) is 4.33. The largest absolute Gasteiger partial charge is 0.480 e. The highest BCUT2D eigenvalue weighted by atomic mass is 16.5. The monoisotopic (exact) mass is 289 g/mol. The zero-order chi connectivity index (χ0) is 15.2. The summed E-state index contributed by atoms with van der Waals surface area (Å²) in [5.41, 5.74) is 1.93. The number of methoxy groups -OCH3 is 1. The van der Waals surface area contributed by atoms with Crippen molar-refractivity contribution in [2.24, 2.45) is 0 Å². The second-order valence-corrected chi connectivity index (χ2v) is 5.09. The molecule has 0 amide bonds. The molecule has 2 atom stereocenters. The lowest BCUT2D eigenvalue weighted by atomic mass is 10.1. The first-order chi connectivity index (χ1) is 10.2. The number of ether oxygens (including phenoxy) is 1. The second kappa shape index (κ2) is 7.17. The highest BCUT2D eigenvalue weighted by Crippen LogP contribution is 2.17. The van der Waals surface area contributed by atoms with E-state index in [-0.39, 0.29) is 6.04 Å². The van der Waals surface area contributed by atoms with Crippen molar-refractivity contribution >= 4 is 0 Å². The number of nitrogens with one attached hydrogen (secondary N) is 1. The van der Waals surface area contributed by atoms with Crippen molar-refractivity contribution < 1.29 is 4.74 Å². The third kappa shape index (κ3) is 3.78. The SMILES string of the molecule is CCC(C)n1ccc(CC(NC)c2ccc(OC)nn2)n1. The van der Waals surface area contributed by atoms with E-state index in [1.165, 1.54) is 0 Å². The van der Waals surface area contributed by atoms with Gasteiger partial charge >= 0.3 is 0 Å². The van der Waals surface area contributed by atoms with Crippen LogP contribution in [-0.2, 0) is 6.42 Å². The molecule has 2 unspecified atom stereocenters. The molecule has 114 valence electrons. The molecular formula is C15H23N5O. The van der Waals surface area contributed by atoms with Crippen LogP contribution in [0.1, 0.15) is 43.7 Å². The molecule has 2 aromatic heterocycles. The van der Waals surface area contributed by atoms with Gasteiger partial charge in [-0.05, 0) is 32.5 Å². The van der Waals surface area contributed by atoms with Crippen LogP contribution in [0.3, 0.4) is 0 Å². The Balaban J connectivity index is 2.09. The Morgan fingerprint density at radius 2 is 2.10 bits per heavy atom. The van der Waals surface area contributed by atoms with Gasteiger partial charge in [-0.15, -0.1) is 5.10 Å². The van der Waals surface area contributed by atoms with Crippen LogP contribution in [0.25, 0.3) is 0 Å². The van der Waals surface area contributed by atoms with Gasteiger partial charge in [0.15, 0.2) is 0 Å². The van der Waals surface area contributed by atoms with Gasteiger partial charge < -0.3 is 10.1 Å². The summed E-state index contributed by atoms with van der Waals surface area (Å²) in [5, 5.41) is 16.1. The normalized spacial score (nSPS) is 13.9. The Morgan fingerprint density at radius 3 is 2.67 bits per heavy atom. The van der Waals surface area contributed by atoms with E-state index in [1.807, 2.05) is 30.1 Å². The Labute approximate surface area is 125 Å². The molecular weight excluding hydrogens is 266 g/mol. The molecule has 2 heterocycles. The van der Waals surface area contributed by atoms with E-state index in [0.29, 0.717) is 11.9 Å². The molecule has 0 aromatic carbocycles. The molecule has 0 aliphatic carbocycles. The highest BCUT2D eigenvalue weighted by Gasteiger charge is 2.15. The molecule has 2 rings (SSSR count). The molecule has 0 aliphatic rings. The summed E-state index contributed by atoms with van der Waals surface area (Å²) in [6, 6.07) is 6.33. The molecule has 2 aromatic rings. The van der Waals surface area contributed by atoms with Crippen molar-refractivity contribution in [2.75, 3.05) is 14.2 Å². The topological polar surface area (TPSA) is 64.9 Å². The molecule has 0 saturated heterocycles. The fraction of sp³-hybridized carbons (Fsp3) is 0.533. The third-order valence-corrected chi connectivity index (χ3v) is 3.69. The lowest BCUT2D eigenvalue weighted by Gasteiger charge is -2.14. The highest BCUT2D eigenvalue weighted by molar-refractivity contribution is 5.16. The van der Waals surface area contributed by atoms with Crippen LogP contribution < -0.4 is 10.1 Å². The molecule has 0 saturated carbocycles. The Bertz CT molecular complexity index is 551. The molecule has 6 heteroatoms. The van der Waals surface area contributed by atoms with Crippen LogP contribution in [0.2, 0.25) is 0 Å². The molecule has 0 aliphatic heterocycles. The summed E-state index contributed by atoms with van der Waals surface area (Å²) >= 11 is 0. The lowest BCUT2D eigenvalue weighted by Crippen LogP contribution is -2.21. The minimum atomic E-state index is 0.0867. The van der Waals surface area contributed by atoms with Crippen LogP contribution >= 0.6 is 0 Å². The van der Waals surface area contributed by atoms with E-state index >= 15 is 0 Å². The number of likely N-dealkylation sites (N-methyl/N-ethyl adjacent to an activating group) is 1. The second-order valence-electron chi connectivity index (χ2n) is 5.09. The first kappa shape index (κ1) is 15.4. The van der Waals surface area contributed by atoms with Crippen molar-refractivity contribution in [1.82, 2.24) is 25.3 Å². The van der Waals surface area contributed by atoms with Gasteiger partial charge in [-0.2, -0.15) is 10.2 Å². The summed E-state index contributed by atoms with van der Waals surface area (Å²) in [7, 11) is 3.50. The van der Waals surface area contributed by atoms with Crippen LogP contribution in [0.5, 0.6) is 5.88 Å². The lowest BCUT2D eigenvalue weighted by molar-refractivity contribution is 0.389. The molecule has 0 bridgehead atoms. The average Bonchev–Trinajstić information content (AvgIpc) is 3.00. The molecule has 0 spiro atoms. The van der Waals surface area contributed by atoms with Crippen molar-refractivity contribution in [3.8, 4) is 5.88 Å². The van der Waals surface area contributed by atoms with Gasteiger partial charge in [0.05, 0.1) is 24.5 Å². The van der Waals surface area contributed by atoms with E-state index in [1.54, 1.807) is 7.11 Å². The molecule has 0 radical (unpaired) electrons. The minimum Gasteiger partial charge on any atom is -0.480 e. The number of hydrogen-bond acceptors (Lipinski definition) is 5. The zero-order valence-corrected chi connectivity index (χ0v) is 13.1. The predicted molar refractivity (Wildman–Crippen MR) is 81.3 cm³/mol. The van der Waals surface area contributed by atoms with Crippen molar-refractivity contribution in [1.29, 1.82) is 0 Å². The van der Waals surface area contributed by atoms with Gasteiger partial charge in [-0.25, -0.2) is 0 Å². The molecule has 21 heavy (non-hydrogen) atoms. The van der Waals surface area contributed by atoms with Gasteiger partial charge in [0, 0.05) is 24.7 Å². The quantitative estimate of drug-likeness (QED) is 0.846. The summed E-state index contributed by atoms with van der Waals surface area (Å²) in [6.07, 6.45) is 3.89. The van der Waals surface area contributed by atoms with Crippen molar-refractivity contribution in [2.45, 2.75) is 38.8 Å². The van der Waals surface area contributed by atoms with E-state index in [2.05, 4.69) is 40.5 Å². The fourth-order valence-corrected chi connectivity index (χ4v) is 2.11. The standard InChI is InChI=1S/C15H23N5O/c1-5-11(2)20-9-8-12(19-20)10-14(16-3)13-6-7-15(21-4)18-17-13/h6-9,11,14,16H,5,10H2,1-4H3. The van der Waals surface area contributed by atoms with Gasteiger partial charge in [-0.1, -0.05) is 6.92 Å². The predicted octanol–water partition coefficient (Wildman–Crippen LogP) is 2.16. The van der Waals surface area contributed by atoms with Gasteiger partial charge in [-0.3, -0.25) is 4.68 Å². The van der Waals surface area contributed by atoms with Crippen molar-refractivity contribution in [3.63, 3.8) is 0 Å². The van der Waals surface area contributed by atoms with Crippen LogP contribution in [0.15, 0.2) is 24.4 Å². The first-order valence-electron chi connectivity index (χ1n) is 7.26. The maximum atomic E-state index is 5.03. The number of rotatable bonds is 7. The third-order valence-electron chi connectivity index (χ3n) is 3.69. The Morgan fingerprint density at radius 1 is 1.29 bits per heavy atom. The number of hydrogen-bond donors (Lipinski definition) is 1. The van der Waals surface area contributed by atoms with Gasteiger partial charge in [0.25, 0.3) is 0 Å². The Hall–Kier alpha value is -1.95. The van der Waals surface area contributed by atoms with E-state index < -0.39 is 0 Å². The first-order valence-corrected chi connectivity index (χ1v) is 7.26. The van der Waals surface area contributed by atoms with Gasteiger partial charge in [0.1, 0.15) is 0 Å². The maximum absolute atomic E-state index is 5.03. The van der Waals surface area contributed by atoms with Crippen molar-refractivity contribution in [3.05, 3.63) is 35.8 Å². The van der Waals surface area contributed by atoms with E-state index in [4.69, 9.17) is 4.74 Å². The van der Waals surface area contributed by atoms with Gasteiger partial charge in [0.2, 0.25) is 5.88 Å². The van der Waals surface area contributed by atoms with E-state index in [0.717, 1.165) is 24.2 Å². The Kier molecular flexibility index (Phi) is 5.27. The fourth-order valence-electron chi connectivity index (χ4n) is 2.11. The number of nitrogens with zero attached hydrogens (tertiary/aromatic N) is 4. The zero-order valence-electron chi connectivity index (χ0n) is 13.1. The number of aromatic nitrogens is 4. The summed E-state index contributed by atoms with van der Waals surface area (Å²) in [5.74, 6) is 0.523. The minimum absolute atomic E-state index is 0.0867. The maximum Gasteiger partial charge on any atom is 0.233 e. The molecule has 1 N–H and O–H groups in total. The van der Waals surface area contributed by atoms with E-state index in [9.17, 15) is 0 Å². The molecule has 6 nitrogen and oxygen atoms in total. The smallest absolute Gasteiger partial charge is 0.233 e. The van der Waals surface area contributed by atoms with Crippen LogP contribution in [0, 0.1) is 0 Å². The molecule has 0 fully saturated rings. The average molecular weight is 289 g/mol. The van der Waals surface area contributed by atoms with Crippen LogP contribution in [0.4, 0.5) is 0 Å².